The van der Waals surface area contributed by atoms with Gasteiger partial charge in [-0.2, -0.15) is 5.26 Å². The molecule has 0 spiro atoms. The lowest BCUT2D eigenvalue weighted by atomic mass is 9.97. The molecule has 1 fully saturated rings. The van der Waals surface area contributed by atoms with E-state index in [1.54, 1.807) is 6.20 Å². The van der Waals surface area contributed by atoms with Gasteiger partial charge < -0.3 is 20.0 Å². The molecule has 0 bridgehead atoms. The summed E-state index contributed by atoms with van der Waals surface area (Å²) >= 11 is 0. The maximum Gasteiger partial charge on any atom is 0.253 e. The van der Waals surface area contributed by atoms with E-state index in [1.807, 2.05) is 18.9 Å². The van der Waals surface area contributed by atoms with Crippen LogP contribution in [0, 0.1) is 18.3 Å². The molecule has 4 heterocycles. The molecule has 2 aliphatic heterocycles. The molecule has 33 heavy (non-hydrogen) atoms. The predicted octanol–water partition coefficient (Wildman–Crippen LogP) is 2.60. The number of aryl methyl sites for hydroxylation is 1. The topological polar surface area (TPSA) is 105 Å². The van der Waals surface area contributed by atoms with Gasteiger partial charge in [0.05, 0.1) is 16.8 Å². The van der Waals surface area contributed by atoms with E-state index in [9.17, 15) is 4.79 Å². The smallest absolute Gasteiger partial charge is 0.253 e. The molecular formula is C25H28N6O2. The van der Waals surface area contributed by atoms with Crippen molar-refractivity contribution in [3.8, 4) is 6.07 Å². The Kier molecular flexibility index (Phi) is 6.71. The number of carbonyl (C=O) groups excluding carboxylic acids is 1. The zero-order chi connectivity index (χ0) is 23.4. The molecule has 8 heteroatoms. The third-order valence-corrected chi connectivity index (χ3v) is 6.35. The van der Waals surface area contributed by atoms with Gasteiger partial charge in [0, 0.05) is 56.4 Å². The third-order valence-electron chi connectivity index (χ3n) is 6.35. The van der Waals surface area contributed by atoms with E-state index in [2.05, 4.69) is 50.2 Å². The SMILES string of the molecule is C=O.Cc1cc(CN2CCN(c3ccc(C#N)cn3)CC2)cc2[nH]c(=O)c3c(c12)NCCC3. The number of carbonyl (C=O) groups is 1. The Labute approximate surface area is 192 Å². The summed E-state index contributed by atoms with van der Waals surface area (Å²) in [6.07, 6.45) is 3.48. The summed E-state index contributed by atoms with van der Waals surface area (Å²) in [4.78, 5) is 32.8. The molecule has 170 valence electrons. The standard InChI is InChI=1S/C24H26N6O.CH2O/c1-16-11-18(12-20-22(16)23-19(24(31)28-20)3-2-6-26-23)15-29-7-9-30(10-8-29)21-5-4-17(13-25)14-27-21;1-2/h4-5,11-12,14,26H,2-3,6-10,15H2,1H3,(H,28,31);1H2. The number of aromatic amines is 1. The minimum atomic E-state index is 0.0368. The fraction of sp³-hybridized carbons (Fsp3) is 0.360. The predicted molar refractivity (Wildman–Crippen MR) is 130 cm³/mol. The molecule has 1 saturated heterocycles. The van der Waals surface area contributed by atoms with Crippen LogP contribution >= 0.6 is 0 Å². The van der Waals surface area contributed by atoms with Crippen molar-refractivity contribution in [3.63, 3.8) is 0 Å². The normalized spacial score (nSPS) is 15.7. The quantitative estimate of drug-likeness (QED) is 0.640. The van der Waals surface area contributed by atoms with E-state index in [4.69, 9.17) is 10.1 Å². The highest BCUT2D eigenvalue weighted by molar-refractivity contribution is 5.96. The summed E-state index contributed by atoms with van der Waals surface area (Å²) in [6.45, 7) is 9.61. The minimum absolute atomic E-state index is 0.0368. The van der Waals surface area contributed by atoms with Gasteiger partial charge in [0.25, 0.3) is 5.56 Å². The summed E-state index contributed by atoms with van der Waals surface area (Å²) < 4.78 is 0. The Morgan fingerprint density at radius 3 is 2.67 bits per heavy atom. The van der Waals surface area contributed by atoms with Crippen molar-refractivity contribution in [2.24, 2.45) is 0 Å². The highest BCUT2D eigenvalue weighted by Gasteiger charge is 2.20. The zero-order valence-electron chi connectivity index (χ0n) is 18.9. The highest BCUT2D eigenvalue weighted by Crippen LogP contribution is 2.31. The molecule has 8 nitrogen and oxygen atoms in total. The number of nitrogens with one attached hydrogen (secondary N) is 2. The van der Waals surface area contributed by atoms with Crippen LogP contribution in [0.25, 0.3) is 10.9 Å². The molecule has 0 aliphatic carbocycles. The van der Waals surface area contributed by atoms with E-state index >= 15 is 0 Å². The van der Waals surface area contributed by atoms with Gasteiger partial charge in [0.1, 0.15) is 18.7 Å². The van der Waals surface area contributed by atoms with Crippen molar-refractivity contribution in [2.75, 3.05) is 42.9 Å². The lowest BCUT2D eigenvalue weighted by molar-refractivity contribution is -0.0979. The van der Waals surface area contributed by atoms with Crippen molar-refractivity contribution in [1.82, 2.24) is 14.9 Å². The fourth-order valence-electron chi connectivity index (χ4n) is 4.79. The first-order chi connectivity index (χ1) is 16.1. The maximum absolute atomic E-state index is 12.6. The first kappa shape index (κ1) is 22.5. The van der Waals surface area contributed by atoms with Gasteiger partial charge in [-0.05, 0) is 49.1 Å². The largest absolute Gasteiger partial charge is 0.384 e. The molecule has 5 rings (SSSR count). The molecule has 2 aliphatic rings. The Balaban J connectivity index is 0.00000126. The number of pyridine rings is 2. The molecule has 0 atom stereocenters. The molecule has 0 amide bonds. The average molecular weight is 445 g/mol. The lowest BCUT2D eigenvalue weighted by Crippen LogP contribution is -2.46. The summed E-state index contributed by atoms with van der Waals surface area (Å²) in [5.41, 5.74) is 5.89. The third kappa shape index (κ3) is 4.59. The number of hydrogen-bond acceptors (Lipinski definition) is 7. The average Bonchev–Trinajstić information content (AvgIpc) is 2.86. The van der Waals surface area contributed by atoms with Crippen molar-refractivity contribution in [3.05, 3.63) is 63.1 Å². The summed E-state index contributed by atoms with van der Waals surface area (Å²) in [7, 11) is 0. The van der Waals surface area contributed by atoms with Gasteiger partial charge in [0.15, 0.2) is 0 Å². The van der Waals surface area contributed by atoms with Crippen LogP contribution in [0.3, 0.4) is 0 Å². The number of nitrogens with zero attached hydrogens (tertiary/aromatic N) is 4. The second kappa shape index (κ2) is 9.84. The number of fused-ring (bicyclic) bond motifs is 3. The van der Waals surface area contributed by atoms with Crippen LogP contribution in [0.1, 0.15) is 28.7 Å². The van der Waals surface area contributed by atoms with Crippen molar-refractivity contribution in [2.45, 2.75) is 26.3 Å². The van der Waals surface area contributed by atoms with Crippen molar-refractivity contribution >= 4 is 29.2 Å². The molecule has 0 unspecified atom stereocenters. The molecule has 1 aromatic carbocycles. The Bertz CT molecular complexity index is 1240. The van der Waals surface area contributed by atoms with Crippen molar-refractivity contribution < 1.29 is 4.79 Å². The molecule has 2 aromatic heterocycles. The van der Waals surface area contributed by atoms with Crippen LogP contribution < -0.4 is 15.8 Å². The van der Waals surface area contributed by atoms with Gasteiger partial charge in [0.2, 0.25) is 0 Å². The number of hydrogen-bond donors (Lipinski definition) is 2. The van der Waals surface area contributed by atoms with Crippen molar-refractivity contribution in [1.29, 1.82) is 5.26 Å². The fourth-order valence-corrected chi connectivity index (χ4v) is 4.79. The van der Waals surface area contributed by atoms with Gasteiger partial charge in [-0.1, -0.05) is 6.07 Å². The highest BCUT2D eigenvalue weighted by atomic mass is 16.1. The van der Waals surface area contributed by atoms with Crippen LogP contribution in [0.5, 0.6) is 0 Å². The number of nitriles is 1. The molecule has 0 radical (unpaired) electrons. The number of rotatable bonds is 3. The number of piperazine rings is 1. The Morgan fingerprint density at radius 2 is 1.97 bits per heavy atom. The maximum atomic E-state index is 12.6. The second-order valence-electron chi connectivity index (χ2n) is 8.45. The summed E-state index contributed by atoms with van der Waals surface area (Å²) in [6, 6.07) is 10.2. The number of benzene rings is 1. The number of aromatic nitrogens is 2. The first-order valence-electron chi connectivity index (χ1n) is 11.2. The lowest BCUT2D eigenvalue weighted by Gasteiger charge is -2.35. The molecule has 0 saturated carbocycles. The first-order valence-corrected chi connectivity index (χ1v) is 11.2. The number of anilines is 2. The van der Waals surface area contributed by atoms with Crippen LogP contribution in [-0.4, -0.2) is 54.4 Å². The zero-order valence-corrected chi connectivity index (χ0v) is 18.9. The van der Waals surface area contributed by atoms with E-state index in [0.717, 1.165) is 80.1 Å². The summed E-state index contributed by atoms with van der Waals surface area (Å²) in [5, 5.41) is 13.5. The van der Waals surface area contributed by atoms with Crippen LogP contribution in [-0.2, 0) is 17.8 Å². The Morgan fingerprint density at radius 1 is 1.18 bits per heavy atom. The molecule has 3 aromatic rings. The van der Waals surface area contributed by atoms with Gasteiger partial charge >= 0.3 is 0 Å². The van der Waals surface area contributed by atoms with E-state index in [-0.39, 0.29) is 5.56 Å². The monoisotopic (exact) mass is 444 g/mol. The minimum Gasteiger partial charge on any atom is -0.384 e. The molecule has 2 N–H and O–H groups in total. The van der Waals surface area contributed by atoms with E-state index in [0.29, 0.717) is 5.56 Å². The van der Waals surface area contributed by atoms with Gasteiger partial charge in [-0.3, -0.25) is 9.69 Å². The molecular weight excluding hydrogens is 416 g/mol. The van der Waals surface area contributed by atoms with Gasteiger partial charge in [-0.25, -0.2) is 4.98 Å². The number of H-pyrrole nitrogens is 1. The van der Waals surface area contributed by atoms with E-state index < -0.39 is 0 Å². The Hall–Kier alpha value is -3.70. The van der Waals surface area contributed by atoms with Crippen LogP contribution in [0.15, 0.2) is 35.3 Å². The van der Waals surface area contributed by atoms with E-state index in [1.165, 1.54) is 11.1 Å². The summed E-state index contributed by atoms with van der Waals surface area (Å²) in [5.74, 6) is 0.926. The van der Waals surface area contributed by atoms with Gasteiger partial charge in [-0.15, -0.1) is 0 Å². The second-order valence-corrected chi connectivity index (χ2v) is 8.45. The van der Waals surface area contributed by atoms with Crippen LogP contribution in [0.2, 0.25) is 0 Å². The van der Waals surface area contributed by atoms with Crippen LogP contribution in [0.4, 0.5) is 11.5 Å².